The van der Waals surface area contributed by atoms with E-state index < -0.39 is 0 Å². The first-order chi connectivity index (χ1) is 28.7. The van der Waals surface area contributed by atoms with Crippen molar-refractivity contribution in [2.75, 3.05) is 0 Å². The molecule has 0 fully saturated rings. The van der Waals surface area contributed by atoms with Crippen LogP contribution in [0.4, 0.5) is 0 Å². The Balaban J connectivity index is 1.24. The molecule has 0 aliphatic rings. The highest BCUT2D eigenvalue weighted by molar-refractivity contribution is 6.26. The van der Waals surface area contributed by atoms with Gasteiger partial charge in [-0.3, -0.25) is 4.57 Å². The summed E-state index contributed by atoms with van der Waals surface area (Å²) in [6.07, 6.45) is 0. The fourth-order valence-electron chi connectivity index (χ4n) is 9.08. The van der Waals surface area contributed by atoms with Crippen molar-refractivity contribution in [3.63, 3.8) is 0 Å². The van der Waals surface area contributed by atoms with Crippen LogP contribution >= 0.6 is 0 Å². The molecule has 0 amide bonds. The van der Waals surface area contributed by atoms with E-state index in [1.165, 1.54) is 10.8 Å². The van der Waals surface area contributed by atoms with E-state index in [9.17, 15) is 0 Å². The standard InChI is InChI=1S/C53H34N4O/c1-33-49(35-19-7-3-8-20-35)54-52(36-21-9-4-10-22-36)55-53(33)57-43-26-14-11-23-38(43)40-29-30-45-48(50(40)57)41-25-12-15-27-44(41)56(45)46-32-37(34-17-5-2-6-18-34)31-42-39-24-13-16-28-47(39)58-51(42)46/h2-32H,1H3. The second-order valence-electron chi connectivity index (χ2n) is 15.0. The molecule has 0 spiro atoms. The Kier molecular flexibility index (Phi) is 7.07. The first-order valence-electron chi connectivity index (χ1n) is 19.7. The summed E-state index contributed by atoms with van der Waals surface area (Å²) < 4.78 is 11.6. The lowest BCUT2D eigenvalue weighted by Crippen LogP contribution is -2.06. The van der Waals surface area contributed by atoms with E-state index in [-0.39, 0.29) is 0 Å². The molecule has 0 aliphatic carbocycles. The number of hydrogen-bond acceptors (Lipinski definition) is 3. The topological polar surface area (TPSA) is 48.8 Å². The molecule has 0 saturated carbocycles. The van der Waals surface area contributed by atoms with Crippen LogP contribution in [-0.4, -0.2) is 19.1 Å². The van der Waals surface area contributed by atoms with Gasteiger partial charge in [-0.15, -0.1) is 0 Å². The number of fused-ring (bicyclic) bond motifs is 10. The Hall–Kier alpha value is -7.76. The highest BCUT2D eigenvalue weighted by Crippen LogP contribution is 2.45. The molecule has 12 rings (SSSR count). The minimum absolute atomic E-state index is 0.686. The average Bonchev–Trinajstić information content (AvgIpc) is 3.95. The van der Waals surface area contributed by atoms with Crippen LogP contribution in [0.15, 0.2) is 192 Å². The van der Waals surface area contributed by atoms with E-state index in [0.717, 1.165) is 99.8 Å². The van der Waals surface area contributed by atoms with Gasteiger partial charge < -0.3 is 8.98 Å². The van der Waals surface area contributed by atoms with Gasteiger partial charge in [0.25, 0.3) is 0 Å². The lowest BCUT2D eigenvalue weighted by Gasteiger charge is -2.16. The summed E-state index contributed by atoms with van der Waals surface area (Å²) in [6, 6.07) is 66.3. The Morgan fingerprint density at radius 3 is 1.78 bits per heavy atom. The Morgan fingerprint density at radius 2 is 1.03 bits per heavy atom. The Morgan fingerprint density at radius 1 is 0.431 bits per heavy atom. The van der Waals surface area contributed by atoms with Gasteiger partial charge in [0, 0.05) is 49.0 Å². The molecule has 0 atom stereocenters. The van der Waals surface area contributed by atoms with Crippen LogP contribution in [0.3, 0.4) is 0 Å². The molecule has 0 bridgehead atoms. The smallest absolute Gasteiger partial charge is 0.162 e. The zero-order valence-corrected chi connectivity index (χ0v) is 31.6. The number of benzene rings is 8. The predicted molar refractivity (Wildman–Crippen MR) is 239 cm³/mol. The van der Waals surface area contributed by atoms with E-state index in [4.69, 9.17) is 14.4 Å². The van der Waals surface area contributed by atoms with Crippen molar-refractivity contribution in [2.24, 2.45) is 0 Å². The van der Waals surface area contributed by atoms with Gasteiger partial charge in [0.2, 0.25) is 0 Å². The van der Waals surface area contributed by atoms with E-state index in [1.54, 1.807) is 0 Å². The summed E-state index contributed by atoms with van der Waals surface area (Å²) in [7, 11) is 0. The van der Waals surface area contributed by atoms with E-state index in [0.29, 0.717) is 5.82 Å². The van der Waals surface area contributed by atoms with Gasteiger partial charge in [-0.1, -0.05) is 152 Å². The van der Waals surface area contributed by atoms with Crippen LogP contribution in [0.1, 0.15) is 5.56 Å². The summed E-state index contributed by atoms with van der Waals surface area (Å²) in [5.74, 6) is 1.54. The lowest BCUT2D eigenvalue weighted by molar-refractivity contribution is 0.666. The summed E-state index contributed by atoms with van der Waals surface area (Å²) in [4.78, 5) is 10.7. The summed E-state index contributed by atoms with van der Waals surface area (Å²) in [6.45, 7) is 2.16. The number of para-hydroxylation sites is 3. The molecule has 4 aromatic heterocycles. The third-order valence-corrected chi connectivity index (χ3v) is 11.7. The monoisotopic (exact) mass is 742 g/mol. The van der Waals surface area contributed by atoms with E-state index in [1.807, 2.05) is 30.3 Å². The molecule has 0 aliphatic heterocycles. The molecule has 0 N–H and O–H groups in total. The van der Waals surface area contributed by atoms with Gasteiger partial charge in [0.1, 0.15) is 11.4 Å². The maximum atomic E-state index is 6.81. The van der Waals surface area contributed by atoms with Crippen LogP contribution in [-0.2, 0) is 0 Å². The fourth-order valence-corrected chi connectivity index (χ4v) is 9.08. The van der Waals surface area contributed by atoms with Crippen molar-refractivity contribution in [1.29, 1.82) is 0 Å². The summed E-state index contributed by atoms with van der Waals surface area (Å²) in [5.41, 5.74) is 13.3. The van der Waals surface area contributed by atoms with Gasteiger partial charge in [0.05, 0.1) is 33.4 Å². The van der Waals surface area contributed by atoms with Crippen LogP contribution in [0.25, 0.3) is 111 Å². The molecule has 0 radical (unpaired) electrons. The van der Waals surface area contributed by atoms with Crippen LogP contribution in [0, 0.1) is 6.92 Å². The first-order valence-corrected chi connectivity index (χ1v) is 19.7. The van der Waals surface area contributed by atoms with Crippen molar-refractivity contribution >= 4 is 65.6 Å². The third-order valence-electron chi connectivity index (χ3n) is 11.7. The Bertz CT molecular complexity index is 3560. The zero-order valence-electron chi connectivity index (χ0n) is 31.6. The molecule has 0 unspecified atom stereocenters. The quantitative estimate of drug-likeness (QED) is 0.176. The fraction of sp³-hybridized carbons (Fsp3) is 0.0189. The minimum atomic E-state index is 0.686. The predicted octanol–water partition coefficient (Wildman–Crippen LogP) is 13.9. The average molecular weight is 743 g/mol. The SMILES string of the molecule is Cc1c(-c2ccccc2)nc(-c2ccccc2)nc1-n1c2ccccc2c2ccc3c(c4ccccc4n3-c3cc(-c4ccccc4)cc4c3oc3ccccc34)c21. The number of furan rings is 1. The molecule has 5 nitrogen and oxygen atoms in total. The highest BCUT2D eigenvalue weighted by atomic mass is 16.3. The normalized spacial score (nSPS) is 11.9. The van der Waals surface area contributed by atoms with E-state index >= 15 is 0 Å². The Labute approximate surface area is 333 Å². The molecule has 12 aromatic rings. The highest BCUT2D eigenvalue weighted by Gasteiger charge is 2.25. The van der Waals surface area contributed by atoms with Crippen molar-refractivity contribution in [2.45, 2.75) is 6.92 Å². The van der Waals surface area contributed by atoms with Crippen LogP contribution in [0.2, 0.25) is 0 Å². The van der Waals surface area contributed by atoms with E-state index in [2.05, 4.69) is 174 Å². The van der Waals surface area contributed by atoms with Gasteiger partial charge >= 0.3 is 0 Å². The van der Waals surface area contributed by atoms with Gasteiger partial charge in [-0.2, -0.15) is 0 Å². The van der Waals surface area contributed by atoms with Crippen molar-refractivity contribution in [3.05, 3.63) is 194 Å². The second-order valence-corrected chi connectivity index (χ2v) is 15.0. The summed E-state index contributed by atoms with van der Waals surface area (Å²) >= 11 is 0. The summed E-state index contributed by atoms with van der Waals surface area (Å²) in [5, 5.41) is 6.83. The number of nitrogens with zero attached hydrogens (tertiary/aromatic N) is 4. The van der Waals surface area contributed by atoms with Crippen molar-refractivity contribution in [1.82, 2.24) is 19.1 Å². The maximum Gasteiger partial charge on any atom is 0.162 e. The molecular formula is C53H34N4O. The molecule has 58 heavy (non-hydrogen) atoms. The van der Waals surface area contributed by atoms with Crippen molar-refractivity contribution < 1.29 is 4.42 Å². The minimum Gasteiger partial charge on any atom is -0.454 e. The molecule has 0 saturated heterocycles. The first kappa shape index (κ1) is 32.5. The molecule has 8 aromatic carbocycles. The zero-order chi connectivity index (χ0) is 38.3. The molecule has 5 heteroatoms. The van der Waals surface area contributed by atoms with Gasteiger partial charge in [0.15, 0.2) is 11.4 Å². The molecule has 272 valence electrons. The lowest BCUT2D eigenvalue weighted by atomic mass is 10.0. The third kappa shape index (κ3) is 4.77. The van der Waals surface area contributed by atoms with Crippen LogP contribution in [0.5, 0.6) is 0 Å². The largest absolute Gasteiger partial charge is 0.454 e. The van der Waals surface area contributed by atoms with Gasteiger partial charge in [-0.25, -0.2) is 9.97 Å². The molecule has 4 heterocycles. The van der Waals surface area contributed by atoms with Crippen LogP contribution < -0.4 is 0 Å². The second kappa shape index (κ2) is 12.6. The number of rotatable bonds is 5. The van der Waals surface area contributed by atoms with Gasteiger partial charge in [-0.05, 0) is 54.4 Å². The molecular weight excluding hydrogens is 709 g/mol. The number of aromatic nitrogens is 4. The van der Waals surface area contributed by atoms with Crippen molar-refractivity contribution in [3.8, 4) is 45.3 Å². The number of hydrogen-bond donors (Lipinski definition) is 0. The maximum absolute atomic E-state index is 6.81.